The first-order chi connectivity index (χ1) is 28.8. The molecule has 4 aliphatic heterocycles. The highest BCUT2D eigenvalue weighted by Gasteiger charge is 2.40. The van der Waals surface area contributed by atoms with Crippen molar-refractivity contribution in [3.63, 3.8) is 0 Å². The third-order valence-corrected chi connectivity index (χ3v) is 12.9. The van der Waals surface area contributed by atoms with Gasteiger partial charge in [0.15, 0.2) is 0 Å². The molecule has 18 heteroatoms. The Morgan fingerprint density at radius 3 is 1.47 bits per heavy atom. The number of methoxy groups -OCH3 is 2. The molecule has 4 N–H and O–H groups in total. The molecule has 0 saturated carbocycles. The molecule has 8 rings (SSSR count). The first-order valence-corrected chi connectivity index (χ1v) is 21.8. The molecule has 2 fully saturated rings. The van der Waals surface area contributed by atoms with E-state index in [2.05, 4.69) is 64.6 Å². The monoisotopic (exact) mass is 950 g/mol. The molecule has 4 amide bonds. The normalized spacial score (nSPS) is 18.8. The number of aromatic amines is 2. The molecular formula is C42H48Br2N8O8. The van der Waals surface area contributed by atoms with Gasteiger partial charge in [0.2, 0.25) is 11.8 Å². The van der Waals surface area contributed by atoms with Gasteiger partial charge in [-0.1, -0.05) is 27.7 Å². The van der Waals surface area contributed by atoms with Gasteiger partial charge in [-0.3, -0.25) is 9.59 Å². The van der Waals surface area contributed by atoms with Crippen LogP contribution in [0.1, 0.15) is 88.2 Å². The van der Waals surface area contributed by atoms with E-state index in [1.54, 1.807) is 9.80 Å². The number of rotatable bonds is 10. The summed E-state index contributed by atoms with van der Waals surface area (Å²) in [6, 6.07) is 6.09. The van der Waals surface area contributed by atoms with E-state index in [1.807, 2.05) is 39.8 Å². The number of imidazole rings is 2. The first-order valence-electron chi connectivity index (χ1n) is 20.2. The van der Waals surface area contributed by atoms with Gasteiger partial charge in [-0.15, -0.1) is 0 Å². The van der Waals surface area contributed by atoms with Crippen LogP contribution >= 0.6 is 31.9 Å². The maximum Gasteiger partial charge on any atom is 0.407 e. The summed E-state index contributed by atoms with van der Waals surface area (Å²) < 4.78 is 23.9. The number of carbonyl (C=O) groups excluding carboxylic acids is 4. The summed E-state index contributed by atoms with van der Waals surface area (Å²) in [5, 5.41) is 5.41. The van der Waals surface area contributed by atoms with E-state index in [0.717, 1.165) is 70.6 Å². The van der Waals surface area contributed by atoms with Crippen LogP contribution in [-0.2, 0) is 32.3 Å². The van der Waals surface area contributed by atoms with E-state index in [0.29, 0.717) is 58.5 Å². The van der Waals surface area contributed by atoms with E-state index >= 15 is 0 Å². The lowest BCUT2D eigenvalue weighted by molar-refractivity contribution is -0.136. The fourth-order valence-electron chi connectivity index (χ4n) is 8.78. The molecule has 16 nitrogen and oxygen atoms in total. The van der Waals surface area contributed by atoms with E-state index < -0.39 is 24.3 Å². The van der Waals surface area contributed by atoms with Crippen LogP contribution in [0.4, 0.5) is 9.59 Å². The number of H-pyrrole nitrogens is 2. The molecule has 2 aromatic heterocycles. The zero-order valence-corrected chi connectivity index (χ0v) is 37.4. The van der Waals surface area contributed by atoms with Gasteiger partial charge < -0.3 is 49.3 Å². The Morgan fingerprint density at radius 1 is 0.700 bits per heavy atom. The smallest absolute Gasteiger partial charge is 0.407 e. The molecule has 1 unspecified atom stereocenters. The fourth-order valence-corrected chi connectivity index (χ4v) is 9.82. The predicted molar refractivity (Wildman–Crippen MR) is 227 cm³/mol. The standard InChI is InChI=1S/C42H48Br2N8O8/c1-19(2)31(47-41(55)57-5)39(53)51-11-7-9-25(51)37-45-33(35(43)49-37)21-13-23-17-60-28-16-22(14-24-18-59-27(15-21)29(23)30(24)28)34-36(44)50-38(46-34)26-10-8-12-52(26)40(54)32(20(3)4)48-42(56)58-6/h13-16,19-20,25-26,31-32H,7-12,17-18H2,1-6H3,(H,45,49)(H,46,50)(H,47,55)(H,48,56)/t25-,26-,31-,32?/m0/s1. The number of carbonyl (C=O) groups is 4. The number of amides is 4. The Balaban J connectivity index is 1.05. The summed E-state index contributed by atoms with van der Waals surface area (Å²) in [5.41, 5.74) is 6.92. The minimum atomic E-state index is -0.731. The summed E-state index contributed by atoms with van der Waals surface area (Å²) in [5.74, 6) is 2.14. The third kappa shape index (κ3) is 7.60. The van der Waals surface area contributed by atoms with Crippen molar-refractivity contribution in [3.05, 3.63) is 56.2 Å². The second-order valence-electron chi connectivity index (χ2n) is 16.3. The summed E-state index contributed by atoms with van der Waals surface area (Å²) in [6.07, 6.45) is 1.78. The molecule has 4 aromatic rings. The van der Waals surface area contributed by atoms with Crippen molar-refractivity contribution in [2.75, 3.05) is 27.3 Å². The van der Waals surface area contributed by atoms with Gasteiger partial charge in [0.1, 0.15) is 69.0 Å². The number of ether oxygens (including phenoxy) is 4. The summed E-state index contributed by atoms with van der Waals surface area (Å²) in [4.78, 5) is 72.0. The summed E-state index contributed by atoms with van der Waals surface area (Å²) in [6.45, 7) is 9.28. The summed E-state index contributed by atoms with van der Waals surface area (Å²) in [7, 11) is 2.56. The van der Waals surface area contributed by atoms with E-state index in [1.165, 1.54) is 14.2 Å². The maximum absolute atomic E-state index is 13.8. The van der Waals surface area contributed by atoms with Crippen molar-refractivity contribution in [2.45, 2.75) is 90.8 Å². The zero-order valence-electron chi connectivity index (χ0n) is 34.2. The highest BCUT2D eigenvalue weighted by Crippen LogP contribution is 2.51. The number of aromatic nitrogens is 4. The number of hydrogen-bond donors (Lipinski definition) is 4. The van der Waals surface area contributed by atoms with Gasteiger partial charge in [-0.05, 0) is 93.6 Å². The lowest BCUT2D eigenvalue weighted by Gasteiger charge is -2.30. The minimum Gasteiger partial charge on any atom is -0.488 e. The van der Waals surface area contributed by atoms with Crippen LogP contribution in [0, 0.1) is 11.8 Å². The zero-order chi connectivity index (χ0) is 42.6. The van der Waals surface area contributed by atoms with Crippen LogP contribution in [0.25, 0.3) is 33.6 Å². The third-order valence-electron chi connectivity index (χ3n) is 11.8. The van der Waals surface area contributed by atoms with Gasteiger partial charge >= 0.3 is 12.2 Å². The van der Waals surface area contributed by atoms with Gasteiger partial charge in [-0.25, -0.2) is 19.6 Å². The Bertz CT molecular complexity index is 2150. The molecule has 2 saturated heterocycles. The topological polar surface area (TPSA) is 193 Å². The summed E-state index contributed by atoms with van der Waals surface area (Å²) >= 11 is 7.41. The van der Waals surface area contributed by atoms with Crippen LogP contribution in [0.2, 0.25) is 0 Å². The van der Waals surface area contributed by atoms with Crippen molar-refractivity contribution in [1.82, 2.24) is 40.4 Å². The molecule has 318 valence electrons. The number of likely N-dealkylation sites (tertiary alicyclic amines) is 2. The molecular weight excluding hydrogens is 904 g/mol. The van der Waals surface area contributed by atoms with Gasteiger partial charge in [0, 0.05) is 46.5 Å². The first kappa shape index (κ1) is 41.6. The van der Waals surface area contributed by atoms with Gasteiger partial charge in [0.05, 0.1) is 26.3 Å². The molecule has 0 bridgehead atoms. The molecule has 6 heterocycles. The van der Waals surface area contributed by atoms with Crippen molar-refractivity contribution in [1.29, 1.82) is 0 Å². The van der Waals surface area contributed by atoms with Gasteiger partial charge in [0.25, 0.3) is 0 Å². The van der Waals surface area contributed by atoms with E-state index in [9.17, 15) is 19.2 Å². The Hall–Kier alpha value is -5.10. The van der Waals surface area contributed by atoms with Crippen LogP contribution in [-0.4, -0.2) is 93.1 Å². The number of hydrogen-bond acceptors (Lipinski definition) is 10. The molecule has 60 heavy (non-hydrogen) atoms. The number of halogens is 2. The number of nitrogens with zero attached hydrogens (tertiary/aromatic N) is 4. The number of nitrogens with one attached hydrogen (secondary N) is 4. The SMILES string of the molecule is COC(=O)NC(C(=O)N1CCC[C@H]1c1nc(-c2cc3c4c(c2)OCc2cc(-c5nc([C@@H]6CCCN6C(=O)[C@@H](NC(=O)OC)C(C)C)[nH]c5Br)cc(c2-4)OC3)c(Br)[nH]1)C(C)C. The Kier molecular flexibility index (Phi) is 11.6. The molecule has 4 aliphatic rings. The number of alkyl carbamates (subject to hydrolysis) is 2. The highest BCUT2D eigenvalue weighted by molar-refractivity contribution is 9.10. The lowest BCUT2D eigenvalue weighted by Crippen LogP contribution is -2.51. The molecule has 2 aromatic carbocycles. The average molecular weight is 953 g/mol. The van der Waals surface area contributed by atoms with Crippen molar-refractivity contribution >= 4 is 55.9 Å². The predicted octanol–water partition coefficient (Wildman–Crippen LogP) is 7.53. The highest BCUT2D eigenvalue weighted by atomic mass is 79.9. The minimum absolute atomic E-state index is 0.141. The molecule has 4 atom stereocenters. The van der Waals surface area contributed by atoms with Crippen molar-refractivity contribution < 1.29 is 38.1 Å². The van der Waals surface area contributed by atoms with E-state index in [-0.39, 0.29) is 35.7 Å². The van der Waals surface area contributed by atoms with Crippen molar-refractivity contribution in [2.24, 2.45) is 11.8 Å². The second-order valence-corrected chi connectivity index (χ2v) is 17.8. The van der Waals surface area contributed by atoms with Crippen molar-refractivity contribution in [3.8, 4) is 45.1 Å². The maximum atomic E-state index is 13.8. The van der Waals surface area contributed by atoms with Crippen LogP contribution in [0.5, 0.6) is 11.5 Å². The molecule has 0 aliphatic carbocycles. The van der Waals surface area contributed by atoms with Crippen LogP contribution < -0.4 is 20.1 Å². The Labute approximate surface area is 364 Å². The molecule has 0 spiro atoms. The van der Waals surface area contributed by atoms with Crippen LogP contribution in [0.3, 0.4) is 0 Å². The quantitative estimate of drug-likeness (QED) is 0.124. The van der Waals surface area contributed by atoms with E-state index in [4.69, 9.17) is 28.9 Å². The lowest BCUT2D eigenvalue weighted by atomic mass is 9.87. The number of benzene rings is 2. The Morgan fingerprint density at radius 2 is 1.10 bits per heavy atom. The van der Waals surface area contributed by atoms with Crippen LogP contribution in [0.15, 0.2) is 33.5 Å². The average Bonchev–Trinajstić information content (AvgIpc) is 4.06. The largest absolute Gasteiger partial charge is 0.488 e. The fraction of sp³-hybridized carbons (Fsp3) is 0.476. The second kappa shape index (κ2) is 16.7. The van der Waals surface area contributed by atoms with Gasteiger partial charge in [-0.2, -0.15) is 0 Å². The molecule has 0 radical (unpaired) electrons.